The third kappa shape index (κ3) is 8.24. The number of likely N-dealkylation sites (tertiary alicyclic amines) is 1. The van der Waals surface area contributed by atoms with E-state index in [2.05, 4.69) is 68.8 Å². The Balaban J connectivity index is 1.02. The average Bonchev–Trinajstić information content (AvgIpc) is 3.44. The Bertz CT molecular complexity index is 1730. The monoisotopic (exact) mass is 670 g/mol. The minimum Gasteiger partial charge on any atom is -0.444 e. The molecule has 1 unspecified atom stereocenters. The number of ether oxygens (including phenoxy) is 2. The number of aromatic nitrogens is 4. The molecule has 2 saturated heterocycles. The molecule has 0 spiro atoms. The third-order valence-electron chi connectivity index (χ3n) is 8.47. The molecule has 2 aromatic heterocycles. The summed E-state index contributed by atoms with van der Waals surface area (Å²) in [5, 5.41) is 2.85. The number of carbonyl (C=O) groups excluding carboxylic acids is 2. The molecule has 2 atom stereocenters. The number of aromatic amines is 2. The van der Waals surface area contributed by atoms with E-state index in [-0.39, 0.29) is 22.9 Å². The highest BCUT2D eigenvalue weighted by atomic mass is 32.2. The Labute approximate surface area is 286 Å². The zero-order valence-electron chi connectivity index (χ0n) is 28.7. The summed E-state index contributed by atoms with van der Waals surface area (Å²) in [6.07, 6.45) is 5.79. The van der Waals surface area contributed by atoms with Crippen molar-refractivity contribution in [2.45, 2.75) is 82.7 Å². The number of rotatable bonds is 9. The van der Waals surface area contributed by atoms with E-state index in [1.165, 1.54) is 0 Å². The number of hydrogen-bond donors (Lipinski definition) is 3. The molecule has 11 heteroatoms. The van der Waals surface area contributed by atoms with Gasteiger partial charge in [0, 0.05) is 31.3 Å². The number of thioether (sulfide) groups is 1. The Morgan fingerprint density at radius 2 is 1.44 bits per heavy atom. The molecule has 48 heavy (non-hydrogen) atoms. The van der Waals surface area contributed by atoms with E-state index in [4.69, 9.17) is 14.5 Å². The van der Waals surface area contributed by atoms with Gasteiger partial charge in [-0.05, 0) is 83.1 Å². The van der Waals surface area contributed by atoms with Crippen LogP contribution in [0, 0.1) is 0 Å². The molecule has 4 heterocycles. The maximum Gasteiger partial charge on any atom is 0.410 e. The van der Waals surface area contributed by atoms with Gasteiger partial charge in [0.2, 0.25) is 0 Å². The second-order valence-corrected chi connectivity index (χ2v) is 16.1. The summed E-state index contributed by atoms with van der Waals surface area (Å²) in [4.78, 5) is 42.6. The summed E-state index contributed by atoms with van der Waals surface area (Å²) in [5.74, 6) is 3.08. The van der Waals surface area contributed by atoms with Crippen LogP contribution in [0.25, 0.3) is 33.6 Å². The molecule has 2 aliphatic rings. The van der Waals surface area contributed by atoms with Crippen LogP contribution < -0.4 is 5.32 Å². The first-order chi connectivity index (χ1) is 22.8. The van der Waals surface area contributed by atoms with Crippen LogP contribution >= 0.6 is 11.8 Å². The summed E-state index contributed by atoms with van der Waals surface area (Å²) < 4.78 is 10.9. The van der Waals surface area contributed by atoms with Gasteiger partial charge in [0.25, 0.3) is 0 Å². The Morgan fingerprint density at radius 1 is 0.875 bits per heavy atom. The van der Waals surface area contributed by atoms with Crippen molar-refractivity contribution in [1.82, 2.24) is 30.2 Å². The van der Waals surface area contributed by atoms with E-state index in [0.29, 0.717) is 19.6 Å². The number of alkyl carbamates (subject to hydrolysis) is 1. The van der Waals surface area contributed by atoms with Crippen molar-refractivity contribution in [3.05, 3.63) is 72.6 Å². The van der Waals surface area contributed by atoms with Crippen molar-refractivity contribution >= 4 is 23.9 Å². The van der Waals surface area contributed by atoms with Gasteiger partial charge in [-0.3, -0.25) is 0 Å². The third-order valence-corrected chi connectivity index (χ3v) is 9.86. The zero-order valence-corrected chi connectivity index (χ0v) is 29.5. The van der Waals surface area contributed by atoms with Crippen molar-refractivity contribution in [1.29, 1.82) is 0 Å². The second kappa shape index (κ2) is 13.3. The van der Waals surface area contributed by atoms with Crippen molar-refractivity contribution in [3.8, 4) is 33.6 Å². The highest BCUT2D eigenvalue weighted by Gasteiger charge is 2.47. The Kier molecular flexibility index (Phi) is 9.35. The smallest absolute Gasteiger partial charge is 0.410 e. The molecule has 4 aromatic rings. The molecular formula is C37H46N6O4S. The fourth-order valence-electron chi connectivity index (χ4n) is 5.92. The molecule has 3 N–H and O–H groups in total. The van der Waals surface area contributed by atoms with E-state index in [9.17, 15) is 9.59 Å². The molecule has 254 valence electrons. The summed E-state index contributed by atoms with van der Waals surface area (Å²) in [6, 6.07) is 17.0. The quantitative estimate of drug-likeness (QED) is 0.121. The van der Waals surface area contributed by atoms with Gasteiger partial charge in [-0.15, -0.1) is 11.8 Å². The minimum atomic E-state index is -0.504. The fourth-order valence-corrected chi connectivity index (χ4v) is 6.90. The van der Waals surface area contributed by atoms with Gasteiger partial charge in [0.15, 0.2) is 0 Å². The molecule has 2 fully saturated rings. The van der Waals surface area contributed by atoms with Crippen molar-refractivity contribution in [2.24, 2.45) is 0 Å². The zero-order chi connectivity index (χ0) is 34.1. The predicted molar refractivity (Wildman–Crippen MR) is 190 cm³/mol. The molecule has 0 aliphatic carbocycles. The molecule has 2 aromatic carbocycles. The fraction of sp³-hybridized carbons (Fsp3) is 0.459. The largest absolute Gasteiger partial charge is 0.444 e. The van der Waals surface area contributed by atoms with Crippen LogP contribution in [0.5, 0.6) is 0 Å². The first kappa shape index (κ1) is 33.6. The van der Waals surface area contributed by atoms with Gasteiger partial charge >= 0.3 is 12.2 Å². The number of imidazole rings is 2. The molecule has 6 rings (SSSR count). The maximum atomic E-state index is 12.5. The van der Waals surface area contributed by atoms with E-state index in [1.54, 1.807) is 4.90 Å². The first-order valence-electron chi connectivity index (χ1n) is 16.7. The average molecular weight is 671 g/mol. The Hall–Kier alpha value is -4.25. The lowest BCUT2D eigenvalue weighted by Gasteiger charge is -2.24. The second-order valence-electron chi connectivity index (χ2n) is 14.7. The molecule has 0 bridgehead atoms. The van der Waals surface area contributed by atoms with E-state index >= 15 is 0 Å². The molecular weight excluding hydrogens is 625 g/mol. The van der Waals surface area contributed by atoms with Gasteiger partial charge in [-0.25, -0.2) is 19.6 Å². The first-order valence-corrected chi connectivity index (χ1v) is 17.7. The van der Waals surface area contributed by atoms with E-state index in [0.717, 1.165) is 70.3 Å². The van der Waals surface area contributed by atoms with Crippen LogP contribution in [0.2, 0.25) is 0 Å². The van der Waals surface area contributed by atoms with Crippen molar-refractivity contribution in [2.75, 3.05) is 25.4 Å². The molecule has 10 nitrogen and oxygen atoms in total. The molecule has 0 saturated carbocycles. The number of H-pyrrole nitrogens is 2. The van der Waals surface area contributed by atoms with Crippen LogP contribution in [0.1, 0.15) is 78.4 Å². The lowest BCUT2D eigenvalue weighted by molar-refractivity contribution is 0.0291. The number of hydrogen-bond acceptors (Lipinski definition) is 7. The summed E-state index contributed by atoms with van der Waals surface area (Å²) in [5.41, 5.74) is 5.38. The topological polar surface area (TPSA) is 125 Å². The number of benzene rings is 2. The van der Waals surface area contributed by atoms with E-state index < -0.39 is 11.2 Å². The SMILES string of the molecule is CC(C)(C)OC(=O)NCCC[C@@]1(c2ncc(-c3ccc(-c4ccc(-c5cnc(C6CCN(C(=O)OC(C)(C)C)C6)[nH]5)cc4)cc3)[nH]2)CS1. The van der Waals surface area contributed by atoms with Crippen LogP contribution in [-0.2, 0) is 14.2 Å². The van der Waals surface area contributed by atoms with Gasteiger partial charge in [0.05, 0.1) is 28.5 Å². The lowest BCUT2D eigenvalue weighted by atomic mass is 10.0. The molecule has 2 amide bonds. The highest BCUT2D eigenvalue weighted by Crippen LogP contribution is 2.55. The van der Waals surface area contributed by atoms with Crippen LogP contribution in [0.4, 0.5) is 9.59 Å². The molecule has 2 aliphatic heterocycles. The standard InChI is InChI=1S/C37H46N6O4S/c1-35(2,3)46-33(44)38-18-7-17-37(23-48-37)32-40-21-30(42-32)27-14-10-25(11-15-27)24-8-12-26(13-9-24)29-20-39-31(41-29)28-16-19-43(22-28)34(45)47-36(4,5)6/h8-15,20-21,28H,7,16-19,22-23H2,1-6H3,(H,38,44)(H,39,41)(H,40,42)/t28?,37-/m0/s1. The van der Waals surface area contributed by atoms with Crippen molar-refractivity contribution < 1.29 is 19.1 Å². The number of nitrogens with one attached hydrogen (secondary N) is 3. The van der Waals surface area contributed by atoms with Crippen LogP contribution in [0.15, 0.2) is 60.9 Å². The van der Waals surface area contributed by atoms with Gasteiger partial charge in [0.1, 0.15) is 22.9 Å². The van der Waals surface area contributed by atoms with Crippen LogP contribution in [-0.4, -0.2) is 73.6 Å². The van der Waals surface area contributed by atoms with Gasteiger partial charge < -0.3 is 29.7 Å². The summed E-state index contributed by atoms with van der Waals surface area (Å²) in [7, 11) is 0. The lowest BCUT2D eigenvalue weighted by Crippen LogP contribution is -2.35. The van der Waals surface area contributed by atoms with E-state index in [1.807, 2.05) is 65.7 Å². The number of amides is 2. The van der Waals surface area contributed by atoms with Crippen molar-refractivity contribution in [3.63, 3.8) is 0 Å². The number of nitrogens with zero attached hydrogens (tertiary/aromatic N) is 3. The maximum absolute atomic E-state index is 12.5. The predicted octanol–water partition coefficient (Wildman–Crippen LogP) is 8.11. The normalized spacial score (nSPS) is 19.3. The van der Waals surface area contributed by atoms with Crippen LogP contribution in [0.3, 0.4) is 0 Å². The molecule has 0 radical (unpaired) electrons. The van der Waals surface area contributed by atoms with Gasteiger partial charge in [-0.1, -0.05) is 48.5 Å². The van der Waals surface area contributed by atoms with Gasteiger partial charge in [-0.2, -0.15) is 0 Å². The minimum absolute atomic E-state index is 0.0114. The summed E-state index contributed by atoms with van der Waals surface area (Å²) in [6.45, 7) is 13.1. The highest BCUT2D eigenvalue weighted by molar-refractivity contribution is 8.07. The number of carbonyl (C=O) groups is 2. The Morgan fingerprint density at radius 3 is 2.02 bits per heavy atom. The summed E-state index contributed by atoms with van der Waals surface area (Å²) >= 11 is 1.89.